The number of carbonyl (C=O) groups is 1. The third kappa shape index (κ3) is 5.61. The molecule has 42 heavy (non-hydrogen) atoms. The fourth-order valence-electron chi connectivity index (χ4n) is 5.47. The predicted octanol–water partition coefficient (Wildman–Crippen LogP) is 5.11. The maximum atomic E-state index is 10.7. The van der Waals surface area contributed by atoms with E-state index in [4.69, 9.17) is 33.6 Å². The number of nitrogens with one attached hydrogen (secondary N) is 1. The normalized spacial score (nSPS) is 19.8. The molecular weight excluding hydrogens is 538 g/mol. The highest BCUT2D eigenvalue weighted by Crippen LogP contribution is 2.55. The number of carbonyl (C=O) groups excluding carboxylic acids is 1. The van der Waals surface area contributed by atoms with Gasteiger partial charge in [0.05, 0.1) is 34.5 Å². The summed E-state index contributed by atoms with van der Waals surface area (Å²) in [5.74, 6) is 5.42. The minimum Gasteiger partial charge on any atom is -0.494 e. The second-order valence-electron chi connectivity index (χ2n) is 9.77. The number of benzene rings is 3. The average molecular weight is 576 g/mol. The van der Waals surface area contributed by atoms with Gasteiger partial charge in [0.15, 0.2) is 17.3 Å². The number of fused-ring (bicyclic) bond motifs is 2. The number of hydrogen-bond donors (Lipinski definition) is 2. The van der Waals surface area contributed by atoms with E-state index in [9.17, 15) is 4.79 Å². The lowest BCUT2D eigenvalue weighted by Gasteiger charge is -2.44. The molecule has 0 saturated carbocycles. The molecule has 9 heteroatoms. The Balaban J connectivity index is 0.000000429. The minimum absolute atomic E-state index is 0.201. The summed E-state index contributed by atoms with van der Waals surface area (Å²) < 4.78 is 35.3. The fourth-order valence-corrected chi connectivity index (χ4v) is 5.47. The molecular formula is C33H37NO8. The van der Waals surface area contributed by atoms with E-state index in [0.29, 0.717) is 43.3 Å². The minimum atomic E-state index is -1.05. The molecule has 2 atom stereocenters. The summed E-state index contributed by atoms with van der Waals surface area (Å²) in [6.45, 7) is 3.14. The predicted molar refractivity (Wildman–Crippen MR) is 157 cm³/mol. The molecule has 1 aliphatic heterocycles. The lowest BCUT2D eigenvalue weighted by molar-refractivity contribution is -0.118. The van der Waals surface area contributed by atoms with Crippen LogP contribution < -0.4 is 24.4 Å². The van der Waals surface area contributed by atoms with Crippen LogP contribution in [0.25, 0.3) is 0 Å². The molecule has 1 fully saturated rings. The summed E-state index contributed by atoms with van der Waals surface area (Å²) in [6, 6.07) is 21.5. The molecule has 2 N–H and O–H groups in total. The largest absolute Gasteiger partial charge is 0.494 e. The van der Waals surface area contributed by atoms with E-state index < -0.39 is 11.2 Å². The molecule has 0 aromatic heterocycles. The van der Waals surface area contributed by atoms with Crippen molar-refractivity contribution < 1.29 is 38.4 Å². The van der Waals surface area contributed by atoms with Crippen LogP contribution in [0.5, 0.6) is 23.0 Å². The molecule has 6 rings (SSSR count). The molecule has 0 amide bonds. The Hall–Kier alpha value is -4.23. The molecule has 222 valence electrons. The molecule has 1 heterocycles. The zero-order valence-corrected chi connectivity index (χ0v) is 24.6. The first kappa shape index (κ1) is 30.7. The number of ether oxygens (including phenoxy) is 6. The van der Waals surface area contributed by atoms with Crippen LogP contribution in [0.15, 0.2) is 60.7 Å². The van der Waals surface area contributed by atoms with Gasteiger partial charge in [-0.2, -0.15) is 0 Å². The lowest BCUT2D eigenvalue weighted by atomic mass is 9.71. The molecule has 3 aliphatic rings. The number of hydroxylamine groups is 1. The second-order valence-corrected chi connectivity index (χ2v) is 9.77. The van der Waals surface area contributed by atoms with Crippen molar-refractivity contribution >= 4 is 5.78 Å². The van der Waals surface area contributed by atoms with Gasteiger partial charge in [-0.25, -0.2) is 5.48 Å². The van der Waals surface area contributed by atoms with Crippen LogP contribution in [0.2, 0.25) is 0 Å². The average Bonchev–Trinajstić information content (AvgIpc) is 3.43. The summed E-state index contributed by atoms with van der Waals surface area (Å²) >= 11 is 0. The molecule has 2 aliphatic carbocycles. The molecule has 9 nitrogen and oxygen atoms in total. The smallest absolute Gasteiger partial charge is 0.203 e. The van der Waals surface area contributed by atoms with Gasteiger partial charge in [-0.3, -0.25) is 10.0 Å². The molecule has 3 aromatic carbocycles. The van der Waals surface area contributed by atoms with Gasteiger partial charge >= 0.3 is 0 Å². The molecule has 2 unspecified atom stereocenters. The van der Waals surface area contributed by atoms with Gasteiger partial charge in [-0.1, -0.05) is 43.2 Å². The van der Waals surface area contributed by atoms with Crippen LogP contribution in [-0.4, -0.2) is 58.2 Å². The van der Waals surface area contributed by atoms with Gasteiger partial charge < -0.3 is 28.4 Å². The topological polar surface area (TPSA) is 105 Å². The maximum absolute atomic E-state index is 10.7. The summed E-state index contributed by atoms with van der Waals surface area (Å²) in [6.07, 6.45) is 1.79. The summed E-state index contributed by atoms with van der Waals surface area (Å²) in [7, 11) is 6.36. The summed E-state index contributed by atoms with van der Waals surface area (Å²) in [4.78, 5) is 10.7. The monoisotopic (exact) mass is 575 g/mol. The van der Waals surface area contributed by atoms with Crippen LogP contribution in [0.3, 0.4) is 0 Å². The molecule has 3 aromatic rings. The number of hydrogen-bond acceptors (Lipinski definition) is 9. The SMILES string of the molecule is CCCOc1ccc(C2(c3cc(OC)c(OC)c(OC)c3)OCCC2(CC#CNO)OC)cc1.O=C1c2cccc1c2. The van der Waals surface area contributed by atoms with Crippen molar-refractivity contribution in [2.75, 3.05) is 41.7 Å². The first-order chi connectivity index (χ1) is 20.4. The first-order valence-corrected chi connectivity index (χ1v) is 13.7. The summed E-state index contributed by atoms with van der Waals surface area (Å²) in [5.41, 5.74) is 3.30. The van der Waals surface area contributed by atoms with Crippen molar-refractivity contribution in [3.63, 3.8) is 0 Å². The van der Waals surface area contributed by atoms with Crippen LogP contribution in [0.1, 0.15) is 53.2 Å². The Morgan fingerprint density at radius 3 is 2.07 bits per heavy atom. The van der Waals surface area contributed by atoms with Gasteiger partial charge in [0.1, 0.15) is 17.0 Å². The maximum Gasteiger partial charge on any atom is 0.203 e. The number of methoxy groups -OCH3 is 4. The highest BCUT2D eigenvalue weighted by atomic mass is 16.6. The van der Waals surface area contributed by atoms with Crippen LogP contribution in [0.4, 0.5) is 0 Å². The van der Waals surface area contributed by atoms with Crippen molar-refractivity contribution in [1.82, 2.24) is 5.48 Å². The van der Waals surface area contributed by atoms with E-state index in [2.05, 4.69) is 18.9 Å². The zero-order valence-electron chi connectivity index (χ0n) is 24.6. The van der Waals surface area contributed by atoms with E-state index in [-0.39, 0.29) is 5.78 Å². The Morgan fingerprint density at radius 2 is 1.60 bits per heavy atom. The lowest BCUT2D eigenvalue weighted by Crippen LogP contribution is -2.50. The van der Waals surface area contributed by atoms with Gasteiger partial charge in [-0.05, 0) is 47.9 Å². The van der Waals surface area contributed by atoms with Crippen LogP contribution in [0, 0.1) is 12.0 Å². The first-order valence-electron chi connectivity index (χ1n) is 13.7. The van der Waals surface area contributed by atoms with Gasteiger partial charge in [0.2, 0.25) is 5.75 Å². The third-order valence-electron chi connectivity index (χ3n) is 7.57. The van der Waals surface area contributed by atoms with E-state index in [1.165, 1.54) is 0 Å². The molecule has 0 spiro atoms. The van der Waals surface area contributed by atoms with Gasteiger partial charge in [-0.15, -0.1) is 0 Å². The highest BCUT2D eigenvalue weighted by Gasteiger charge is 2.59. The van der Waals surface area contributed by atoms with Gasteiger partial charge in [0, 0.05) is 37.1 Å². The van der Waals surface area contributed by atoms with E-state index in [0.717, 1.165) is 34.4 Å². The highest BCUT2D eigenvalue weighted by molar-refractivity contribution is 6.16. The van der Waals surface area contributed by atoms with Crippen molar-refractivity contribution in [1.29, 1.82) is 0 Å². The standard InChI is InChI=1S/C26H33NO7.C7H4O/c1-6-15-33-21-10-8-19(9-11-21)26(25(32-5,13-16-34-26)12-7-14-27-28)20-17-22(29-2)24(31-4)23(18-20)30-3;8-7-5-2-1-3-6(7)4-5/h8-11,17-18,27-28H,6,12-13,15-16H2,1-5H3;1-4H. The number of rotatable bonds is 10. The second kappa shape index (κ2) is 13.6. The summed E-state index contributed by atoms with van der Waals surface area (Å²) in [5, 5.41) is 9.00. The Bertz CT molecular complexity index is 1390. The zero-order chi connectivity index (χ0) is 30.2. The Kier molecular flexibility index (Phi) is 9.96. The van der Waals surface area contributed by atoms with Crippen molar-refractivity contribution in [3.8, 4) is 35.0 Å². The Labute approximate surface area is 246 Å². The number of ketones is 1. The Morgan fingerprint density at radius 1 is 0.929 bits per heavy atom. The molecule has 1 saturated heterocycles. The molecule has 0 radical (unpaired) electrons. The molecule has 2 bridgehead atoms. The fraction of sp³-hybridized carbons (Fsp3) is 0.364. The van der Waals surface area contributed by atoms with Crippen molar-refractivity contribution in [2.45, 2.75) is 37.4 Å². The van der Waals surface area contributed by atoms with Crippen LogP contribution in [-0.2, 0) is 15.1 Å². The quantitative estimate of drug-likeness (QED) is 0.152. The van der Waals surface area contributed by atoms with Gasteiger partial charge in [0.25, 0.3) is 0 Å². The van der Waals surface area contributed by atoms with Crippen molar-refractivity contribution in [3.05, 3.63) is 82.9 Å². The van der Waals surface area contributed by atoms with E-state index in [1.54, 1.807) is 28.4 Å². The van der Waals surface area contributed by atoms with E-state index in [1.807, 2.05) is 66.1 Å². The van der Waals surface area contributed by atoms with E-state index >= 15 is 0 Å². The van der Waals surface area contributed by atoms with Crippen molar-refractivity contribution in [2.24, 2.45) is 0 Å². The van der Waals surface area contributed by atoms with Crippen LogP contribution >= 0.6 is 0 Å². The third-order valence-corrected chi connectivity index (χ3v) is 7.57.